The van der Waals surface area contributed by atoms with Gasteiger partial charge in [-0.1, -0.05) is 6.92 Å². The highest BCUT2D eigenvalue weighted by atomic mass is 16.4. The highest BCUT2D eigenvalue weighted by Crippen LogP contribution is 2.20. The van der Waals surface area contributed by atoms with Crippen molar-refractivity contribution in [1.29, 1.82) is 0 Å². The Kier molecular flexibility index (Phi) is 4.69. The molecule has 0 saturated carbocycles. The Morgan fingerprint density at radius 1 is 1.32 bits per heavy atom. The molecule has 1 aromatic carbocycles. The molecule has 0 saturated heterocycles. The summed E-state index contributed by atoms with van der Waals surface area (Å²) >= 11 is 0. The third-order valence-corrected chi connectivity index (χ3v) is 2.75. The van der Waals surface area contributed by atoms with Crippen molar-refractivity contribution in [2.45, 2.75) is 27.2 Å². The molecule has 0 aliphatic heterocycles. The molecule has 0 aliphatic carbocycles. The summed E-state index contributed by atoms with van der Waals surface area (Å²) in [7, 11) is 0. The first kappa shape index (κ1) is 14.8. The van der Waals surface area contributed by atoms with Gasteiger partial charge in [-0.2, -0.15) is 0 Å². The summed E-state index contributed by atoms with van der Waals surface area (Å²) in [5.74, 6) is -1.51. The van der Waals surface area contributed by atoms with Gasteiger partial charge in [-0.25, -0.2) is 4.79 Å². The maximum absolute atomic E-state index is 11.3. The molecule has 0 spiro atoms. The zero-order chi connectivity index (χ0) is 14.6. The lowest BCUT2D eigenvalue weighted by Crippen LogP contribution is -2.26. The largest absolute Gasteiger partial charge is 0.477 e. The van der Waals surface area contributed by atoms with E-state index in [9.17, 15) is 9.59 Å². The topological polar surface area (TPSA) is 92.4 Å². The van der Waals surface area contributed by atoms with Crippen LogP contribution in [0.5, 0.6) is 0 Å². The second-order valence-electron chi connectivity index (χ2n) is 4.33. The lowest BCUT2D eigenvalue weighted by Gasteiger charge is -2.08. The van der Waals surface area contributed by atoms with Gasteiger partial charge < -0.3 is 16.2 Å². The van der Waals surface area contributed by atoms with Crippen molar-refractivity contribution in [2.75, 3.05) is 5.73 Å². The number of nitrogens with one attached hydrogen (secondary N) is 1. The first-order chi connectivity index (χ1) is 8.85. The number of carboxylic acid groups (broad SMARTS) is 1. The van der Waals surface area contributed by atoms with Crippen molar-refractivity contribution in [3.8, 4) is 0 Å². The molecule has 1 rings (SSSR count). The molecule has 0 heterocycles. The van der Waals surface area contributed by atoms with Crippen LogP contribution in [0.2, 0.25) is 0 Å². The number of benzene rings is 1. The Labute approximate surface area is 112 Å². The van der Waals surface area contributed by atoms with Crippen LogP contribution in [0.25, 0.3) is 6.08 Å². The SMILES string of the molecule is CCC(=O)NC(=Cc1cc(C)c(N)c(C)c1)C(=O)O. The summed E-state index contributed by atoms with van der Waals surface area (Å²) in [5, 5.41) is 11.4. The summed E-state index contributed by atoms with van der Waals surface area (Å²) in [6, 6.07) is 3.56. The van der Waals surface area contributed by atoms with Crippen LogP contribution in [0, 0.1) is 13.8 Å². The second kappa shape index (κ2) is 6.04. The summed E-state index contributed by atoms with van der Waals surface area (Å²) < 4.78 is 0. The van der Waals surface area contributed by atoms with Gasteiger partial charge in [-0.15, -0.1) is 0 Å². The fourth-order valence-corrected chi connectivity index (χ4v) is 1.65. The van der Waals surface area contributed by atoms with E-state index in [1.54, 1.807) is 19.1 Å². The number of carbonyl (C=O) groups excluding carboxylic acids is 1. The molecule has 5 nitrogen and oxygen atoms in total. The number of aryl methyl sites for hydroxylation is 2. The van der Waals surface area contributed by atoms with Crippen LogP contribution in [-0.2, 0) is 9.59 Å². The molecule has 0 radical (unpaired) electrons. The minimum absolute atomic E-state index is 0.143. The molecule has 0 aliphatic rings. The van der Waals surface area contributed by atoms with Crippen LogP contribution in [0.15, 0.2) is 17.8 Å². The number of carboxylic acids is 1. The van der Waals surface area contributed by atoms with Gasteiger partial charge >= 0.3 is 5.97 Å². The average molecular weight is 262 g/mol. The highest BCUT2D eigenvalue weighted by molar-refractivity contribution is 5.96. The zero-order valence-electron chi connectivity index (χ0n) is 11.3. The lowest BCUT2D eigenvalue weighted by atomic mass is 10.0. The number of hydrogen-bond acceptors (Lipinski definition) is 3. The van der Waals surface area contributed by atoms with Gasteiger partial charge in [-0.05, 0) is 48.7 Å². The van der Waals surface area contributed by atoms with Gasteiger partial charge in [0.05, 0.1) is 0 Å². The van der Waals surface area contributed by atoms with Crippen molar-refractivity contribution in [1.82, 2.24) is 5.32 Å². The lowest BCUT2D eigenvalue weighted by molar-refractivity contribution is -0.134. The van der Waals surface area contributed by atoms with Crippen molar-refractivity contribution in [2.24, 2.45) is 0 Å². The van der Waals surface area contributed by atoms with Crippen LogP contribution in [-0.4, -0.2) is 17.0 Å². The van der Waals surface area contributed by atoms with Gasteiger partial charge in [-0.3, -0.25) is 4.79 Å². The number of nitrogens with two attached hydrogens (primary N) is 1. The van der Waals surface area contributed by atoms with Gasteiger partial charge in [0.15, 0.2) is 0 Å². The van der Waals surface area contributed by atoms with Crippen LogP contribution in [0.4, 0.5) is 5.69 Å². The van der Waals surface area contributed by atoms with E-state index < -0.39 is 5.97 Å². The third-order valence-electron chi connectivity index (χ3n) is 2.75. The number of aliphatic carboxylic acids is 1. The fraction of sp³-hybridized carbons (Fsp3) is 0.286. The Morgan fingerprint density at radius 3 is 2.26 bits per heavy atom. The number of hydrogen-bond donors (Lipinski definition) is 3. The third kappa shape index (κ3) is 3.84. The van der Waals surface area contributed by atoms with Crippen LogP contribution in [0.1, 0.15) is 30.0 Å². The molecule has 0 bridgehead atoms. The van der Waals surface area contributed by atoms with Gasteiger partial charge in [0.25, 0.3) is 0 Å². The molecular weight excluding hydrogens is 244 g/mol. The Bertz CT molecular complexity index is 525. The first-order valence-corrected chi connectivity index (χ1v) is 5.96. The van der Waals surface area contributed by atoms with E-state index in [0.29, 0.717) is 11.3 Å². The molecule has 0 unspecified atom stereocenters. The first-order valence-electron chi connectivity index (χ1n) is 5.96. The van der Waals surface area contributed by atoms with E-state index >= 15 is 0 Å². The van der Waals surface area contributed by atoms with E-state index in [1.165, 1.54) is 6.08 Å². The van der Waals surface area contributed by atoms with Crippen molar-refractivity contribution in [3.63, 3.8) is 0 Å². The summed E-state index contributed by atoms with van der Waals surface area (Å²) in [6.07, 6.45) is 1.65. The van der Waals surface area contributed by atoms with Gasteiger partial charge in [0.1, 0.15) is 5.70 Å². The monoisotopic (exact) mass is 262 g/mol. The molecule has 19 heavy (non-hydrogen) atoms. The summed E-state index contributed by atoms with van der Waals surface area (Å²) in [5.41, 5.74) is 8.82. The molecule has 1 aromatic rings. The Morgan fingerprint density at radius 2 is 1.84 bits per heavy atom. The normalized spacial score (nSPS) is 11.2. The van der Waals surface area contributed by atoms with Crippen molar-refractivity contribution >= 4 is 23.6 Å². The van der Waals surface area contributed by atoms with Gasteiger partial charge in [0.2, 0.25) is 5.91 Å². The number of anilines is 1. The predicted octanol–water partition coefficient (Wildman–Crippen LogP) is 1.84. The smallest absolute Gasteiger partial charge is 0.352 e. The molecular formula is C14H18N2O3. The maximum atomic E-state index is 11.3. The minimum Gasteiger partial charge on any atom is -0.477 e. The predicted molar refractivity (Wildman–Crippen MR) is 74.4 cm³/mol. The molecule has 1 amide bonds. The van der Waals surface area contributed by atoms with E-state index in [2.05, 4.69) is 5.32 Å². The standard InChI is InChI=1S/C14H18N2O3/c1-4-12(17)16-11(14(18)19)7-10-5-8(2)13(15)9(3)6-10/h5-7H,4,15H2,1-3H3,(H,16,17)(H,18,19). The number of amides is 1. The molecule has 5 heteroatoms. The Hall–Kier alpha value is -2.30. The van der Waals surface area contributed by atoms with E-state index in [4.69, 9.17) is 10.8 Å². The summed E-state index contributed by atoms with van der Waals surface area (Å²) in [6.45, 7) is 5.36. The molecule has 0 atom stereocenters. The van der Waals surface area contributed by atoms with Crippen LogP contribution >= 0.6 is 0 Å². The zero-order valence-corrected chi connectivity index (χ0v) is 11.3. The molecule has 0 fully saturated rings. The number of rotatable bonds is 4. The quantitative estimate of drug-likeness (QED) is 0.570. The van der Waals surface area contributed by atoms with Crippen LogP contribution in [0.3, 0.4) is 0 Å². The molecule has 102 valence electrons. The van der Waals surface area contributed by atoms with Gasteiger partial charge in [0, 0.05) is 12.1 Å². The minimum atomic E-state index is -1.17. The second-order valence-corrected chi connectivity index (χ2v) is 4.33. The average Bonchev–Trinajstić information content (AvgIpc) is 2.34. The fourth-order valence-electron chi connectivity index (χ4n) is 1.65. The molecule has 4 N–H and O–H groups in total. The van der Waals surface area contributed by atoms with E-state index in [1.807, 2.05) is 13.8 Å². The van der Waals surface area contributed by atoms with Crippen LogP contribution < -0.4 is 11.1 Å². The Balaban J connectivity index is 3.15. The van der Waals surface area contributed by atoms with Crippen molar-refractivity contribution in [3.05, 3.63) is 34.5 Å². The summed E-state index contributed by atoms with van der Waals surface area (Å²) in [4.78, 5) is 22.4. The molecule has 0 aromatic heterocycles. The number of nitrogen functional groups attached to an aromatic ring is 1. The van der Waals surface area contributed by atoms with E-state index in [-0.39, 0.29) is 18.0 Å². The maximum Gasteiger partial charge on any atom is 0.352 e. The number of carbonyl (C=O) groups is 2. The van der Waals surface area contributed by atoms with Crippen molar-refractivity contribution < 1.29 is 14.7 Å². The highest BCUT2D eigenvalue weighted by Gasteiger charge is 2.11. The van der Waals surface area contributed by atoms with E-state index in [0.717, 1.165) is 11.1 Å².